The lowest BCUT2D eigenvalue weighted by atomic mass is 9.95. The molecule has 1 heterocycles. The maximum absolute atomic E-state index is 5.58. The highest BCUT2D eigenvalue weighted by Crippen LogP contribution is 2.19. The van der Waals surface area contributed by atoms with Gasteiger partial charge in [-0.2, -0.15) is 0 Å². The van der Waals surface area contributed by atoms with Gasteiger partial charge in [-0.25, -0.2) is 0 Å². The topological polar surface area (TPSA) is 21.7 Å². The molecule has 0 saturated carbocycles. The van der Waals surface area contributed by atoms with Gasteiger partial charge in [0.05, 0.1) is 0 Å². The molecule has 3 nitrogen and oxygen atoms in total. The summed E-state index contributed by atoms with van der Waals surface area (Å²) in [4.78, 5) is 2.57. The molecule has 1 saturated heterocycles. The lowest BCUT2D eigenvalue weighted by molar-refractivity contribution is -0.142. The summed E-state index contributed by atoms with van der Waals surface area (Å²) in [5.41, 5.74) is 0. The van der Waals surface area contributed by atoms with Gasteiger partial charge in [-0.3, -0.25) is 0 Å². The summed E-state index contributed by atoms with van der Waals surface area (Å²) in [5, 5.41) is 0. The SMILES string of the molecule is CCOC(CCN1CCCC(CC)C1)OCC. The van der Waals surface area contributed by atoms with E-state index in [0.717, 1.165) is 32.1 Å². The Hall–Kier alpha value is -0.120. The number of nitrogens with zero attached hydrogens (tertiary/aromatic N) is 1. The van der Waals surface area contributed by atoms with E-state index in [4.69, 9.17) is 9.47 Å². The number of ether oxygens (including phenoxy) is 2. The maximum Gasteiger partial charge on any atom is 0.158 e. The Morgan fingerprint density at radius 3 is 2.47 bits per heavy atom. The van der Waals surface area contributed by atoms with E-state index in [9.17, 15) is 0 Å². The Bertz CT molecular complexity index is 181. The summed E-state index contributed by atoms with van der Waals surface area (Å²) < 4.78 is 11.2. The molecular weight excluding hydrogens is 214 g/mol. The molecule has 3 heteroatoms. The first-order chi connectivity index (χ1) is 8.30. The Kier molecular flexibility index (Phi) is 7.82. The number of rotatable bonds is 8. The van der Waals surface area contributed by atoms with Crippen molar-refractivity contribution >= 4 is 0 Å². The molecule has 1 atom stereocenters. The van der Waals surface area contributed by atoms with Crippen LogP contribution in [0.4, 0.5) is 0 Å². The van der Waals surface area contributed by atoms with Gasteiger partial charge in [-0.1, -0.05) is 13.3 Å². The fourth-order valence-electron chi connectivity index (χ4n) is 2.56. The highest BCUT2D eigenvalue weighted by atomic mass is 16.7. The third-order valence-electron chi connectivity index (χ3n) is 3.57. The van der Waals surface area contributed by atoms with Gasteiger partial charge in [-0.05, 0) is 39.2 Å². The Morgan fingerprint density at radius 2 is 1.88 bits per heavy atom. The second kappa shape index (κ2) is 8.90. The number of hydrogen-bond donors (Lipinski definition) is 0. The lowest BCUT2D eigenvalue weighted by Gasteiger charge is -2.33. The molecule has 0 amide bonds. The van der Waals surface area contributed by atoms with Gasteiger partial charge in [0, 0.05) is 32.7 Å². The van der Waals surface area contributed by atoms with E-state index in [1.54, 1.807) is 0 Å². The van der Waals surface area contributed by atoms with E-state index < -0.39 is 0 Å². The van der Waals surface area contributed by atoms with Gasteiger partial charge in [0.2, 0.25) is 0 Å². The van der Waals surface area contributed by atoms with E-state index in [0.29, 0.717) is 0 Å². The van der Waals surface area contributed by atoms with Crippen LogP contribution in [0.25, 0.3) is 0 Å². The zero-order chi connectivity index (χ0) is 12.5. The van der Waals surface area contributed by atoms with Gasteiger partial charge < -0.3 is 14.4 Å². The minimum atomic E-state index is -0.00740. The molecule has 0 spiro atoms. The third-order valence-corrected chi connectivity index (χ3v) is 3.57. The highest BCUT2D eigenvalue weighted by Gasteiger charge is 2.19. The average Bonchev–Trinajstić information content (AvgIpc) is 2.37. The predicted octanol–water partition coefficient (Wildman–Crippen LogP) is 2.90. The van der Waals surface area contributed by atoms with Crippen LogP contribution in [-0.4, -0.2) is 44.0 Å². The predicted molar refractivity (Wildman–Crippen MR) is 71.1 cm³/mol. The van der Waals surface area contributed by atoms with E-state index in [1.807, 2.05) is 13.8 Å². The van der Waals surface area contributed by atoms with Crippen LogP contribution in [0.15, 0.2) is 0 Å². The zero-order valence-corrected chi connectivity index (χ0v) is 11.8. The lowest BCUT2D eigenvalue weighted by Crippen LogP contribution is -2.37. The molecule has 0 aromatic carbocycles. The molecule has 0 radical (unpaired) electrons. The van der Waals surface area contributed by atoms with E-state index in [2.05, 4.69) is 11.8 Å². The van der Waals surface area contributed by atoms with E-state index >= 15 is 0 Å². The van der Waals surface area contributed by atoms with Crippen molar-refractivity contribution in [3.05, 3.63) is 0 Å². The summed E-state index contributed by atoms with van der Waals surface area (Å²) in [6.45, 7) is 11.5. The average molecular weight is 243 g/mol. The molecule has 0 bridgehead atoms. The van der Waals surface area contributed by atoms with Crippen molar-refractivity contribution in [2.45, 2.75) is 52.7 Å². The van der Waals surface area contributed by atoms with Crippen LogP contribution in [0.2, 0.25) is 0 Å². The highest BCUT2D eigenvalue weighted by molar-refractivity contribution is 4.72. The largest absolute Gasteiger partial charge is 0.353 e. The van der Waals surface area contributed by atoms with Gasteiger partial charge in [0.15, 0.2) is 6.29 Å². The summed E-state index contributed by atoms with van der Waals surface area (Å²) in [6, 6.07) is 0. The fourth-order valence-corrected chi connectivity index (χ4v) is 2.56. The van der Waals surface area contributed by atoms with Crippen LogP contribution in [0.5, 0.6) is 0 Å². The van der Waals surface area contributed by atoms with Gasteiger partial charge in [0.1, 0.15) is 0 Å². The van der Waals surface area contributed by atoms with Crippen molar-refractivity contribution in [3.8, 4) is 0 Å². The summed E-state index contributed by atoms with van der Waals surface area (Å²) in [5.74, 6) is 0.904. The minimum Gasteiger partial charge on any atom is -0.353 e. The Morgan fingerprint density at radius 1 is 1.18 bits per heavy atom. The van der Waals surface area contributed by atoms with E-state index in [-0.39, 0.29) is 6.29 Å². The van der Waals surface area contributed by atoms with Crippen molar-refractivity contribution in [3.63, 3.8) is 0 Å². The van der Waals surface area contributed by atoms with Crippen molar-refractivity contribution in [2.24, 2.45) is 5.92 Å². The molecule has 1 rings (SSSR count). The molecule has 0 aliphatic carbocycles. The molecule has 0 aromatic heterocycles. The van der Waals surface area contributed by atoms with Crippen LogP contribution in [0, 0.1) is 5.92 Å². The zero-order valence-electron chi connectivity index (χ0n) is 11.8. The molecule has 1 aliphatic rings. The quantitative estimate of drug-likeness (QED) is 0.612. The molecule has 1 unspecified atom stereocenters. The van der Waals surface area contributed by atoms with Gasteiger partial charge in [0.25, 0.3) is 0 Å². The summed E-state index contributed by atoms with van der Waals surface area (Å²) >= 11 is 0. The fraction of sp³-hybridized carbons (Fsp3) is 1.00. The Balaban J connectivity index is 2.22. The van der Waals surface area contributed by atoms with Crippen LogP contribution in [0.1, 0.15) is 46.5 Å². The molecular formula is C14H29NO2. The minimum absolute atomic E-state index is 0.00740. The normalized spacial score (nSPS) is 22.2. The Labute approximate surface area is 106 Å². The second-order valence-corrected chi connectivity index (χ2v) is 4.85. The molecule has 1 aliphatic heterocycles. The van der Waals surface area contributed by atoms with Crippen molar-refractivity contribution in [2.75, 3.05) is 32.8 Å². The van der Waals surface area contributed by atoms with Crippen LogP contribution >= 0.6 is 0 Å². The molecule has 0 N–H and O–H groups in total. The van der Waals surface area contributed by atoms with Crippen molar-refractivity contribution in [1.82, 2.24) is 4.90 Å². The smallest absolute Gasteiger partial charge is 0.158 e. The van der Waals surface area contributed by atoms with Crippen molar-refractivity contribution in [1.29, 1.82) is 0 Å². The standard InChI is InChI=1S/C14H29NO2/c1-4-13-8-7-10-15(12-13)11-9-14(16-5-2)17-6-3/h13-14H,4-12H2,1-3H3. The first-order valence-corrected chi connectivity index (χ1v) is 7.25. The number of likely N-dealkylation sites (tertiary alicyclic amines) is 1. The van der Waals surface area contributed by atoms with Crippen LogP contribution in [-0.2, 0) is 9.47 Å². The van der Waals surface area contributed by atoms with Crippen LogP contribution in [0.3, 0.4) is 0 Å². The number of piperidine rings is 1. The molecule has 0 aromatic rings. The monoisotopic (exact) mass is 243 g/mol. The summed E-state index contributed by atoms with van der Waals surface area (Å²) in [6.07, 6.45) is 5.07. The molecule has 1 fully saturated rings. The second-order valence-electron chi connectivity index (χ2n) is 4.85. The maximum atomic E-state index is 5.58. The molecule has 102 valence electrons. The van der Waals surface area contributed by atoms with Crippen LogP contribution < -0.4 is 0 Å². The molecule has 17 heavy (non-hydrogen) atoms. The van der Waals surface area contributed by atoms with Gasteiger partial charge in [-0.15, -0.1) is 0 Å². The van der Waals surface area contributed by atoms with E-state index in [1.165, 1.54) is 32.4 Å². The first-order valence-electron chi connectivity index (χ1n) is 7.25. The summed E-state index contributed by atoms with van der Waals surface area (Å²) in [7, 11) is 0. The third kappa shape index (κ3) is 5.84. The van der Waals surface area contributed by atoms with Crippen molar-refractivity contribution < 1.29 is 9.47 Å². The number of hydrogen-bond acceptors (Lipinski definition) is 3. The van der Waals surface area contributed by atoms with Gasteiger partial charge >= 0.3 is 0 Å². The first kappa shape index (κ1) is 14.9.